The van der Waals surface area contributed by atoms with E-state index >= 15 is 0 Å². The summed E-state index contributed by atoms with van der Waals surface area (Å²) < 4.78 is 1.71. The smallest absolute Gasteiger partial charge is 0.251 e. The molecule has 0 amide bonds. The van der Waals surface area contributed by atoms with Crippen molar-refractivity contribution in [2.75, 3.05) is 11.9 Å². The van der Waals surface area contributed by atoms with Crippen molar-refractivity contribution < 1.29 is 5.11 Å². The number of halogens is 1. The van der Waals surface area contributed by atoms with Crippen LogP contribution in [0.25, 0.3) is 11.3 Å². The van der Waals surface area contributed by atoms with E-state index in [0.29, 0.717) is 22.2 Å². The van der Waals surface area contributed by atoms with Crippen LogP contribution in [0, 0.1) is 0 Å². The van der Waals surface area contributed by atoms with Gasteiger partial charge in [0.05, 0.1) is 18.3 Å². The summed E-state index contributed by atoms with van der Waals surface area (Å²) in [6, 6.07) is 12.5. The third kappa shape index (κ3) is 4.58. The van der Waals surface area contributed by atoms with E-state index in [9.17, 15) is 4.79 Å². The van der Waals surface area contributed by atoms with Crippen LogP contribution in [0.3, 0.4) is 0 Å². The number of hydrogen-bond acceptors (Lipinski definition) is 5. The lowest BCUT2D eigenvalue weighted by atomic mass is 10.0. The minimum atomic E-state index is -0.161. The molecule has 6 nitrogen and oxygen atoms in total. The van der Waals surface area contributed by atoms with E-state index in [0.717, 1.165) is 12.0 Å². The van der Waals surface area contributed by atoms with Gasteiger partial charge in [0.15, 0.2) is 0 Å². The van der Waals surface area contributed by atoms with Crippen LogP contribution in [0.4, 0.5) is 5.95 Å². The highest BCUT2D eigenvalue weighted by Crippen LogP contribution is 2.24. The van der Waals surface area contributed by atoms with E-state index in [-0.39, 0.29) is 24.2 Å². The van der Waals surface area contributed by atoms with Crippen molar-refractivity contribution in [3.63, 3.8) is 0 Å². The molecule has 0 aliphatic heterocycles. The van der Waals surface area contributed by atoms with Crippen LogP contribution in [-0.2, 0) is 0 Å². The number of nitrogens with zero attached hydrogens (tertiary/aromatic N) is 3. The summed E-state index contributed by atoms with van der Waals surface area (Å²) in [4.78, 5) is 21.4. The lowest BCUT2D eigenvalue weighted by Crippen LogP contribution is -2.24. The van der Waals surface area contributed by atoms with Crippen molar-refractivity contribution in [2.45, 2.75) is 32.4 Å². The fourth-order valence-corrected chi connectivity index (χ4v) is 3.27. The molecule has 0 spiro atoms. The lowest BCUT2D eigenvalue weighted by molar-refractivity contribution is 0.281. The molecule has 7 heteroatoms. The molecule has 28 heavy (non-hydrogen) atoms. The molecule has 0 radical (unpaired) electrons. The predicted molar refractivity (Wildman–Crippen MR) is 112 cm³/mol. The summed E-state index contributed by atoms with van der Waals surface area (Å²) >= 11 is 6.12. The number of aliphatic hydroxyl groups excluding tert-OH is 1. The van der Waals surface area contributed by atoms with Gasteiger partial charge < -0.3 is 15.0 Å². The zero-order chi connectivity index (χ0) is 20.1. The highest BCUT2D eigenvalue weighted by Gasteiger charge is 2.14. The number of rotatable bonds is 7. The molecule has 0 saturated carbocycles. The predicted octanol–water partition coefficient (Wildman–Crippen LogP) is 3.75. The molecule has 2 aromatic heterocycles. The van der Waals surface area contributed by atoms with Crippen molar-refractivity contribution in [3.05, 3.63) is 75.8 Å². The molecule has 1 unspecified atom stereocenters. The van der Waals surface area contributed by atoms with Crippen molar-refractivity contribution in [3.8, 4) is 11.3 Å². The molecular weight excluding hydrogens is 376 g/mol. The Morgan fingerprint density at radius 2 is 2.07 bits per heavy atom. The van der Waals surface area contributed by atoms with Gasteiger partial charge in [-0.2, -0.15) is 0 Å². The first-order valence-electron chi connectivity index (χ1n) is 9.20. The fourth-order valence-electron chi connectivity index (χ4n) is 3.07. The Bertz CT molecular complexity index is 1010. The molecule has 0 aliphatic carbocycles. The number of aromatic nitrogens is 3. The zero-order valence-corrected chi connectivity index (χ0v) is 16.6. The second kappa shape index (κ2) is 8.99. The number of nitrogens with one attached hydrogen (secondary N) is 1. The minimum Gasteiger partial charge on any atom is -0.394 e. The van der Waals surface area contributed by atoms with Crippen LogP contribution in [0.2, 0.25) is 5.02 Å². The Kier molecular flexibility index (Phi) is 6.44. The van der Waals surface area contributed by atoms with Crippen LogP contribution >= 0.6 is 11.6 Å². The second-order valence-corrected chi connectivity index (χ2v) is 7.07. The Hall–Kier alpha value is -2.70. The summed E-state index contributed by atoms with van der Waals surface area (Å²) in [7, 11) is 0. The molecule has 0 bridgehead atoms. The summed E-state index contributed by atoms with van der Waals surface area (Å²) in [5.74, 6) is 0.411. The van der Waals surface area contributed by atoms with Crippen LogP contribution in [0.1, 0.15) is 31.9 Å². The van der Waals surface area contributed by atoms with Gasteiger partial charge in [-0.25, -0.2) is 9.97 Å². The van der Waals surface area contributed by atoms with Crippen LogP contribution in [0.5, 0.6) is 0 Å². The van der Waals surface area contributed by atoms with E-state index in [1.54, 1.807) is 29.1 Å². The third-order valence-electron chi connectivity index (χ3n) is 4.50. The van der Waals surface area contributed by atoms with Crippen molar-refractivity contribution >= 4 is 17.5 Å². The quantitative estimate of drug-likeness (QED) is 0.633. The molecule has 0 fully saturated rings. The van der Waals surface area contributed by atoms with Crippen molar-refractivity contribution in [1.82, 2.24) is 14.5 Å². The Morgan fingerprint density at radius 3 is 2.75 bits per heavy atom. The molecule has 3 aromatic rings. The van der Waals surface area contributed by atoms with E-state index < -0.39 is 0 Å². The maximum Gasteiger partial charge on any atom is 0.251 e. The van der Waals surface area contributed by atoms with Gasteiger partial charge in [0, 0.05) is 35.1 Å². The Labute approximate surface area is 168 Å². The highest BCUT2D eigenvalue weighted by atomic mass is 35.5. The van der Waals surface area contributed by atoms with Gasteiger partial charge in [-0.3, -0.25) is 4.79 Å². The van der Waals surface area contributed by atoms with Gasteiger partial charge in [-0.15, -0.1) is 0 Å². The van der Waals surface area contributed by atoms with Crippen LogP contribution in [0.15, 0.2) is 59.7 Å². The number of hydrogen-bond donors (Lipinski definition) is 2. The number of benzene rings is 1. The Morgan fingerprint density at radius 1 is 1.25 bits per heavy atom. The maximum absolute atomic E-state index is 12.8. The SMILES string of the molecule is CCC(c1cccc(Cl)c1)n1ccc(-c2ccnc(N[C@@H](C)CO)n2)cc1=O. The summed E-state index contributed by atoms with van der Waals surface area (Å²) in [6.45, 7) is 3.85. The topological polar surface area (TPSA) is 80.0 Å². The second-order valence-electron chi connectivity index (χ2n) is 6.63. The zero-order valence-electron chi connectivity index (χ0n) is 15.8. The van der Waals surface area contributed by atoms with Gasteiger partial charge >= 0.3 is 0 Å². The third-order valence-corrected chi connectivity index (χ3v) is 4.74. The van der Waals surface area contributed by atoms with Crippen LogP contribution < -0.4 is 10.9 Å². The average molecular weight is 399 g/mol. The van der Waals surface area contributed by atoms with Crippen molar-refractivity contribution in [1.29, 1.82) is 0 Å². The average Bonchev–Trinajstić information content (AvgIpc) is 2.70. The monoisotopic (exact) mass is 398 g/mol. The van der Waals surface area contributed by atoms with Crippen LogP contribution in [-0.4, -0.2) is 32.3 Å². The van der Waals surface area contributed by atoms with Gasteiger partial charge in [-0.1, -0.05) is 30.7 Å². The molecule has 3 rings (SSSR count). The molecule has 1 aromatic carbocycles. The Balaban J connectivity index is 1.92. The van der Waals surface area contributed by atoms with E-state index in [4.69, 9.17) is 16.7 Å². The summed E-state index contributed by atoms with van der Waals surface area (Å²) in [6.07, 6.45) is 4.18. The first-order chi connectivity index (χ1) is 13.5. The molecule has 2 N–H and O–H groups in total. The molecule has 0 aliphatic rings. The largest absolute Gasteiger partial charge is 0.394 e. The number of aliphatic hydroxyl groups is 1. The van der Waals surface area contributed by atoms with Gasteiger partial charge in [0.2, 0.25) is 5.95 Å². The molecule has 2 heterocycles. The summed E-state index contributed by atoms with van der Waals surface area (Å²) in [5, 5.41) is 12.8. The standard InChI is InChI=1S/C21H23ClN4O2/c1-3-19(16-5-4-6-17(22)11-16)26-10-8-15(12-20(26)28)18-7-9-23-21(25-18)24-14(2)13-27/h4-12,14,19,27H,3,13H2,1-2H3,(H,23,24,25)/t14-,19?/m0/s1. The number of anilines is 1. The lowest BCUT2D eigenvalue weighted by Gasteiger charge is -2.19. The summed E-state index contributed by atoms with van der Waals surface area (Å²) in [5.41, 5.74) is 2.24. The molecule has 146 valence electrons. The van der Waals surface area contributed by atoms with E-state index in [2.05, 4.69) is 15.3 Å². The van der Waals surface area contributed by atoms with E-state index in [1.807, 2.05) is 44.2 Å². The first-order valence-corrected chi connectivity index (χ1v) is 9.58. The normalized spacial score (nSPS) is 13.1. The van der Waals surface area contributed by atoms with Gasteiger partial charge in [0.25, 0.3) is 5.56 Å². The fraction of sp³-hybridized carbons (Fsp3) is 0.286. The van der Waals surface area contributed by atoms with E-state index in [1.165, 1.54) is 0 Å². The molecule has 0 saturated heterocycles. The van der Waals surface area contributed by atoms with Gasteiger partial charge in [-0.05, 0) is 43.2 Å². The number of pyridine rings is 1. The minimum absolute atomic E-state index is 0.0223. The molecular formula is C21H23ClN4O2. The first kappa shape index (κ1) is 20.0. The highest BCUT2D eigenvalue weighted by molar-refractivity contribution is 6.30. The maximum atomic E-state index is 12.8. The van der Waals surface area contributed by atoms with Gasteiger partial charge in [0.1, 0.15) is 0 Å². The van der Waals surface area contributed by atoms with Crippen molar-refractivity contribution in [2.24, 2.45) is 0 Å². The molecule has 2 atom stereocenters.